The van der Waals surface area contributed by atoms with Gasteiger partial charge >= 0.3 is 0 Å². The molecule has 0 atom stereocenters. The van der Waals surface area contributed by atoms with Crippen LogP contribution in [0.3, 0.4) is 0 Å². The van der Waals surface area contributed by atoms with E-state index in [0.29, 0.717) is 0 Å². The van der Waals surface area contributed by atoms with E-state index in [9.17, 15) is 0 Å². The number of methoxy groups -OCH3 is 1. The molecule has 0 unspecified atom stereocenters. The van der Waals surface area contributed by atoms with Crippen molar-refractivity contribution < 1.29 is 19.1 Å². The molecular formula is C26H55NO3. The maximum absolute atomic E-state index is 9.03. The van der Waals surface area contributed by atoms with E-state index in [0.717, 1.165) is 7.11 Å². The van der Waals surface area contributed by atoms with E-state index in [1.54, 1.807) is 0 Å². The molecule has 0 radical (unpaired) electrons. The van der Waals surface area contributed by atoms with Crippen molar-refractivity contribution in [2.24, 2.45) is 0 Å². The smallest absolute Gasteiger partial charge is 0.251 e. The van der Waals surface area contributed by atoms with Crippen molar-refractivity contribution in [3.63, 3.8) is 0 Å². The van der Waals surface area contributed by atoms with Crippen LogP contribution < -0.4 is 5.11 Å². The Bertz CT molecular complexity index is 294. The van der Waals surface area contributed by atoms with Gasteiger partial charge in [0.05, 0.1) is 26.2 Å². The Morgan fingerprint density at radius 2 is 0.800 bits per heavy atom. The highest BCUT2D eigenvalue weighted by molar-refractivity contribution is 5.53. The summed E-state index contributed by atoms with van der Waals surface area (Å²) in [4.78, 5) is 9.03. The van der Waals surface area contributed by atoms with Gasteiger partial charge in [0.15, 0.2) is 0 Å². The van der Waals surface area contributed by atoms with Crippen molar-refractivity contribution in [1.29, 1.82) is 0 Å². The van der Waals surface area contributed by atoms with Gasteiger partial charge in [-0.3, -0.25) is 0 Å². The summed E-state index contributed by atoms with van der Waals surface area (Å²) in [5, 5.41) is 9.03. The van der Waals surface area contributed by atoms with Crippen LogP contribution in [0.4, 0.5) is 4.79 Å². The van der Waals surface area contributed by atoms with E-state index in [1.165, 1.54) is 133 Å². The number of rotatable bonds is 20. The predicted molar refractivity (Wildman–Crippen MR) is 129 cm³/mol. The number of nitrogens with zero attached hydrogens (tertiary/aromatic N) is 1. The minimum Gasteiger partial charge on any atom is -0.553 e. The predicted octanol–water partition coefficient (Wildman–Crippen LogP) is 7.10. The lowest BCUT2D eigenvalue weighted by Crippen LogP contribution is -2.50. The first-order valence-electron chi connectivity index (χ1n) is 13.1. The number of carbonyl (C=O) groups is 1. The minimum absolute atomic E-state index is 1.04. The number of unbranched alkanes of at least 4 members (excludes halogenated alkanes) is 12. The zero-order chi connectivity index (χ0) is 22.9. The lowest BCUT2D eigenvalue weighted by molar-refractivity contribution is -0.929. The van der Waals surface area contributed by atoms with E-state index < -0.39 is 6.16 Å². The second-order valence-electron chi connectivity index (χ2n) is 8.93. The van der Waals surface area contributed by atoms with Crippen LogP contribution in [0.1, 0.15) is 130 Å². The first-order chi connectivity index (χ1) is 14.5. The SMILES string of the molecule is CCCCCC[N+](CCCCCC)(CCCCCC)CCCCCC.COC(=O)[O-]. The Hall–Kier alpha value is -0.770. The van der Waals surface area contributed by atoms with Crippen LogP contribution in [0.15, 0.2) is 0 Å². The van der Waals surface area contributed by atoms with E-state index in [2.05, 4.69) is 32.4 Å². The molecule has 0 fully saturated rings. The standard InChI is InChI=1S/C24H52N.C2H4O3/c1-5-9-13-17-21-25(22-18-14-10-6-2,23-19-15-11-7-3)24-20-16-12-8-4;1-5-2(3)4/h5-24H2,1-4H3;1H3,(H,3,4)/q+1;/p-1. The third-order valence-electron chi connectivity index (χ3n) is 6.11. The molecule has 0 bridgehead atoms. The van der Waals surface area contributed by atoms with Gasteiger partial charge in [-0.1, -0.05) is 79.1 Å². The molecule has 0 N–H and O–H groups in total. The molecule has 0 amide bonds. The average molecular weight is 430 g/mol. The number of hydrogen-bond donors (Lipinski definition) is 0. The second kappa shape index (κ2) is 24.5. The van der Waals surface area contributed by atoms with Crippen LogP contribution in [0.5, 0.6) is 0 Å². The molecule has 0 spiro atoms. The Balaban J connectivity index is 0. The number of carbonyl (C=O) groups excluding carboxylic acids is 1. The van der Waals surface area contributed by atoms with Gasteiger partial charge in [-0.2, -0.15) is 0 Å². The summed E-state index contributed by atoms with van der Waals surface area (Å²) in [5.74, 6) is 0. The second-order valence-corrected chi connectivity index (χ2v) is 8.93. The molecule has 0 heterocycles. The lowest BCUT2D eigenvalue weighted by Gasteiger charge is -2.39. The van der Waals surface area contributed by atoms with Gasteiger partial charge in [0.1, 0.15) is 0 Å². The van der Waals surface area contributed by atoms with Gasteiger partial charge < -0.3 is 19.1 Å². The highest BCUT2D eigenvalue weighted by Gasteiger charge is 2.25. The van der Waals surface area contributed by atoms with Gasteiger partial charge in [0.25, 0.3) is 6.16 Å². The third-order valence-corrected chi connectivity index (χ3v) is 6.11. The Kier molecular flexibility index (Phi) is 25.7. The number of hydrogen-bond acceptors (Lipinski definition) is 3. The fourth-order valence-corrected chi connectivity index (χ4v) is 4.17. The van der Waals surface area contributed by atoms with Crippen molar-refractivity contribution in [3.8, 4) is 0 Å². The molecule has 4 nitrogen and oxygen atoms in total. The van der Waals surface area contributed by atoms with Crippen molar-refractivity contribution in [3.05, 3.63) is 0 Å². The van der Waals surface area contributed by atoms with Crippen LogP contribution in [0.2, 0.25) is 0 Å². The Labute approximate surface area is 189 Å². The number of ether oxygens (including phenoxy) is 1. The minimum atomic E-state index is -1.50. The van der Waals surface area contributed by atoms with Crippen molar-refractivity contribution in [1.82, 2.24) is 0 Å². The fraction of sp³-hybridized carbons (Fsp3) is 0.962. The van der Waals surface area contributed by atoms with Crippen molar-refractivity contribution in [2.75, 3.05) is 33.3 Å². The van der Waals surface area contributed by atoms with Gasteiger partial charge in [0.2, 0.25) is 0 Å². The van der Waals surface area contributed by atoms with Gasteiger partial charge in [-0.25, -0.2) is 0 Å². The lowest BCUT2D eigenvalue weighted by atomic mass is 10.1. The number of quaternary nitrogens is 1. The molecule has 0 aromatic heterocycles. The molecule has 0 saturated heterocycles. The molecule has 30 heavy (non-hydrogen) atoms. The molecule has 0 rings (SSSR count). The zero-order valence-corrected chi connectivity index (χ0v) is 21.3. The molecule has 182 valence electrons. The monoisotopic (exact) mass is 429 g/mol. The Morgan fingerprint density at radius 1 is 0.567 bits per heavy atom. The first kappa shape index (κ1) is 31.4. The summed E-state index contributed by atoms with van der Waals surface area (Å²) in [6.07, 6.45) is 21.4. The third kappa shape index (κ3) is 21.9. The van der Waals surface area contributed by atoms with E-state index in [4.69, 9.17) is 9.90 Å². The summed E-state index contributed by atoms with van der Waals surface area (Å²) < 4.78 is 5.01. The van der Waals surface area contributed by atoms with Crippen molar-refractivity contribution >= 4 is 6.16 Å². The summed E-state index contributed by atoms with van der Waals surface area (Å²) in [6.45, 7) is 15.2. The van der Waals surface area contributed by atoms with E-state index in [-0.39, 0.29) is 0 Å². The topological polar surface area (TPSA) is 49.4 Å². The summed E-state index contributed by atoms with van der Waals surface area (Å²) in [7, 11) is 1.04. The van der Waals surface area contributed by atoms with Gasteiger partial charge in [0, 0.05) is 7.11 Å². The van der Waals surface area contributed by atoms with Crippen LogP contribution in [0, 0.1) is 0 Å². The largest absolute Gasteiger partial charge is 0.553 e. The molecule has 0 aromatic carbocycles. The van der Waals surface area contributed by atoms with Crippen LogP contribution in [-0.4, -0.2) is 43.9 Å². The van der Waals surface area contributed by atoms with Gasteiger partial charge in [-0.15, -0.1) is 0 Å². The van der Waals surface area contributed by atoms with Gasteiger partial charge in [-0.05, 0) is 51.4 Å². The molecule has 0 aromatic rings. The molecule has 0 aliphatic heterocycles. The van der Waals surface area contributed by atoms with Crippen LogP contribution >= 0.6 is 0 Å². The quantitative estimate of drug-likeness (QED) is 0.118. The number of carboxylic acid groups (broad SMARTS) is 1. The molecule has 0 saturated carbocycles. The fourth-order valence-electron chi connectivity index (χ4n) is 4.17. The summed E-state index contributed by atoms with van der Waals surface area (Å²) >= 11 is 0. The van der Waals surface area contributed by atoms with Crippen molar-refractivity contribution in [2.45, 2.75) is 130 Å². The summed E-state index contributed by atoms with van der Waals surface area (Å²) in [5.41, 5.74) is 0. The zero-order valence-electron chi connectivity index (χ0n) is 21.3. The van der Waals surface area contributed by atoms with E-state index >= 15 is 0 Å². The highest BCUT2D eigenvalue weighted by atomic mass is 16.6. The first-order valence-corrected chi connectivity index (χ1v) is 13.1. The Morgan fingerprint density at radius 3 is 0.967 bits per heavy atom. The van der Waals surface area contributed by atoms with E-state index in [1.807, 2.05) is 0 Å². The molecule has 0 aliphatic carbocycles. The summed E-state index contributed by atoms with van der Waals surface area (Å²) in [6, 6.07) is 0. The van der Waals surface area contributed by atoms with Crippen LogP contribution in [0.25, 0.3) is 0 Å². The molecule has 4 heteroatoms. The molecule has 0 aliphatic rings. The highest BCUT2D eigenvalue weighted by Crippen LogP contribution is 2.19. The average Bonchev–Trinajstić information content (AvgIpc) is 2.75. The normalized spacial score (nSPS) is 11.1. The maximum Gasteiger partial charge on any atom is 0.251 e. The van der Waals surface area contributed by atoms with Crippen LogP contribution in [-0.2, 0) is 4.74 Å². The molecular weight excluding hydrogens is 374 g/mol. The maximum atomic E-state index is 9.03.